The first-order valence-corrected chi connectivity index (χ1v) is 18.4. The van der Waals surface area contributed by atoms with Crippen LogP contribution in [0.3, 0.4) is 0 Å². The average molecular weight is 591 g/mol. The number of rotatable bonds is 10. The van der Waals surface area contributed by atoms with Gasteiger partial charge in [0, 0.05) is 57.9 Å². The summed E-state index contributed by atoms with van der Waals surface area (Å²) < 4.78 is 16.3. The molecule has 0 spiro atoms. The van der Waals surface area contributed by atoms with E-state index in [9.17, 15) is 9.90 Å². The maximum atomic E-state index is 11.4. The van der Waals surface area contributed by atoms with Gasteiger partial charge >= 0.3 is 6.09 Å². The summed E-state index contributed by atoms with van der Waals surface area (Å²) in [5, 5.41) is 15.5. The molecule has 4 heterocycles. The second-order valence-electron chi connectivity index (χ2n) is 12.5. The van der Waals surface area contributed by atoms with Crippen molar-refractivity contribution in [1.82, 2.24) is 29.2 Å². The third-order valence-corrected chi connectivity index (χ3v) is 9.54. The Hall–Kier alpha value is -3.54. The summed E-state index contributed by atoms with van der Waals surface area (Å²) in [7, 11) is 0.364. The van der Waals surface area contributed by atoms with Gasteiger partial charge in [0.05, 0.1) is 17.8 Å². The molecule has 1 saturated heterocycles. The summed E-state index contributed by atoms with van der Waals surface area (Å²) in [6.07, 6.45) is 7.56. The highest BCUT2D eigenvalue weighted by molar-refractivity contribution is 6.76. The Labute approximate surface area is 248 Å². The number of imidazole rings is 1. The molecule has 1 fully saturated rings. The third-order valence-electron chi connectivity index (χ3n) is 7.83. The van der Waals surface area contributed by atoms with E-state index in [4.69, 9.17) is 19.6 Å². The number of amides is 1. The van der Waals surface area contributed by atoms with Crippen LogP contribution in [0.1, 0.15) is 42.3 Å². The average Bonchev–Trinajstić information content (AvgIpc) is 3.51. The first kappa shape index (κ1) is 29.9. The quantitative estimate of drug-likeness (QED) is 0.162. The van der Waals surface area contributed by atoms with Crippen LogP contribution in [-0.2, 0) is 22.7 Å². The number of fused-ring (bicyclic) bond motifs is 1. The van der Waals surface area contributed by atoms with Gasteiger partial charge in [0.2, 0.25) is 0 Å². The molecule has 11 heteroatoms. The zero-order valence-electron chi connectivity index (χ0n) is 25.6. The molecule has 4 aromatic rings. The summed E-state index contributed by atoms with van der Waals surface area (Å²) in [5.74, 6) is 0.767. The molecule has 0 bridgehead atoms. The zero-order chi connectivity index (χ0) is 30.0. The lowest BCUT2D eigenvalue weighted by molar-refractivity contribution is -0.0365. The number of benzene rings is 1. The molecule has 1 unspecified atom stereocenters. The van der Waals surface area contributed by atoms with Crippen molar-refractivity contribution in [2.24, 2.45) is 0 Å². The van der Waals surface area contributed by atoms with Gasteiger partial charge in [-0.15, -0.1) is 0 Å². The monoisotopic (exact) mass is 590 g/mol. The molecule has 5 rings (SSSR count). The standard InChI is InChI=1S/C31H42N6O4Si/c1-21-18-36(20-40-13-14-42(4,5)6)30(33-21)29-25-15-23(10-11-27(25)37(34-29)28-9-7-8-12-41-28)26-17-32-16-24(22(26)2)19-35(3)31(38)39/h10-11,15-18,28H,7-9,12-14,19-20H2,1-6H3,(H,38,39). The topological polar surface area (TPSA) is 108 Å². The number of carbonyl (C=O) groups is 1. The number of ether oxygens (including phenoxy) is 2. The van der Waals surface area contributed by atoms with Crippen LogP contribution in [-0.4, -0.2) is 68.8 Å². The van der Waals surface area contributed by atoms with Crippen LogP contribution in [0.4, 0.5) is 4.79 Å². The summed E-state index contributed by atoms with van der Waals surface area (Å²) in [6, 6.07) is 7.43. The molecule has 224 valence electrons. The number of nitrogens with zero attached hydrogens (tertiary/aromatic N) is 6. The molecular formula is C31H42N6O4Si. The number of hydrogen-bond donors (Lipinski definition) is 1. The van der Waals surface area contributed by atoms with E-state index in [-0.39, 0.29) is 12.8 Å². The lowest BCUT2D eigenvalue weighted by Crippen LogP contribution is -2.24. The highest BCUT2D eigenvalue weighted by atomic mass is 28.3. The minimum absolute atomic E-state index is 0.128. The SMILES string of the molecule is Cc1cn(COCC[Si](C)(C)C)c(-c2nn(C3CCCCO3)c3ccc(-c4cncc(CN(C)C(=O)O)c4C)cc23)n1. The smallest absolute Gasteiger partial charge is 0.407 e. The largest absolute Gasteiger partial charge is 0.465 e. The maximum absolute atomic E-state index is 11.4. The van der Waals surface area contributed by atoms with Crippen LogP contribution >= 0.6 is 0 Å². The van der Waals surface area contributed by atoms with Gasteiger partial charge < -0.3 is 24.0 Å². The molecule has 3 aromatic heterocycles. The minimum atomic E-state index is -1.20. The number of aryl methyl sites for hydroxylation is 1. The van der Waals surface area contributed by atoms with Gasteiger partial charge in [0.1, 0.15) is 12.4 Å². The molecule has 1 aliphatic rings. The predicted octanol–water partition coefficient (Wildman–Crippen LogP) is 6.70. The van der Waals surface area contributed by atoms with Crippen molar-refractivity contribution in [3.05, 3.63) is 53.6 Å². The van der Waals surface area contributed by atoms with Crippen molar-refractivity contribution in [3.8, 4) is 22.6 Å². The van der Waals surface area contributed by atoms with E-state index in [1.807, 2.05) is 30.9 Å². The molecule has 1 N–H and O–H groups in total. The van der Waals surface area contributed by atoms with Crippen molar-refractivity contribution in [3.63, 3.8) is 0 Å². The van der Waals surface area contributed by atoms with Crippen LogP contribution in [0.5, 0.6) is 0 Å². The molecule has 10 nitrogen and oxygen atoms in total. The lowest BCUT2D eigenvalue weighted by atomic mass is 9.97. The fraction of sp³-hybridized carbons (Fsp3) is 0.484. The van der Waals surface area contributed by atoms with E-state index < -0.39 is 14.2 Å². The van der Waals surface area contributed by atoms with Crippen molar-refractivity contribution in [2.75, 3.05) is 20.3 Å². The Morgan fingerprint density at radius 1 is 1.21 bits per heavy atom. The van der Waals surface area contributed by atoms with E-state index in [1.165, 1.54) is 4.90 Å². The van der Waals surface area contributed by atoms with Gasteiger partial charge in [0.15, 0.2) is 12.1 Å². The molecule has 1 aliphatic heterocycles. The summed E-state index contributed by atoms with van der Waals surface area (Å²) in [5.41, 5.74) is 6.48. The molecule has 1 aromatic carbocycles. The van der Waals surface area contributed by atoms with Crippen LogP contribution in [0.25, 0.3) is 33.5 Å². The summed E-state index contributed by atoms with van der Waals surface area (Å²) in [4.78, 5) is 22.1. The fourth-order valence-electron chi connectivity index (χ4n) is 5.33. The Kier molecular flexibility index (Phi) is 8.81. The van der Waals surface area contributed by atoms with E-state index >= 15 is 0 Å². The molecule has 0 radical (unpaired) electrons. The number of carboxylic acid groups (broad SMARTS) is 1. The molecule has 1 atom stereocenters. The number of aromatic nitrogens is 5. The summed E-state index contributed by atoms with van der Waals surface area (Å²) in [6.45, 7) is 13.2. The predicted molar refractivity (Wildman–Crippen MR) is 166 cm³/mol. The van der Waals surface area contributed by atoms with Crippen molar-refractivity contribution in [1.29, 1.82) is 0 Å². The van der Waals surface area contributed by atoms with Gasteiger partial charge in [-0.25, -0.2) is 14.5 Å². The van der Waals surface area contributed by atoms with Gasteiger partial charge in [-0.1, -0.05) is 25.7 Å². The lowest BCUT2D eigenvalue weighted by Gasteiger charge is -2.23. The Balaban J connectivity index is 1.57. The fourth-order valence-corrected chi connectivity index (χ4v) is 6.08. The van der Waals surface area contributed by atoms with E-state index in [1.54, 1.807) is 13.2 Å². The normalized spacial score (nSPS) is 15.8. The molecule has 0 saturated carbocycles. The highest BCUT2D eigenvalue weighted by Gasteiger charge is 2.25. The first-order chi connectivity index (χ1) is 20.0. The molecule has 1 amide bonds. The number of pyridine rings is 1. The third kappa shape index (κ3) is 6.58. The van der Waals surface area contributed by atoms with E-state index in [0.29, 0.717) is 6.73 Å². The van der Waals surface area contributed by atoms with Gasteiger partial charge in [-0.05, 0) is 68.0 Å². The molecular weight excluding hydrogens is 548 g/mol. The van der Waals surface area contributed by atoms with Crippen LogP contribution in [0.2, 0.25) is 25.7 Å². The van der Waals surface area contributed by atoms with E-state index in [0.717, 1.165) is 88.9 Å². The van der Waals surface area contributed by atoms with Crippen molar-refractivity contribution in [2.45, 2.75) is 78.3 Å². The highest BCUT2D eigenvalue weighted by Crippen LogP contribution is 2.36. The minimum Gasteiger partial charge on any atom is -0.465 e. The Morgan fingerprint density at radius 3 is 2.74 bits per heavy atom. The second kappa shape index (κ2) is 12.4. The van der Waals surface area contributed by atoms with Gasteiger partial charge in [-0.2, -0.15) is 5.10 Å². The summed E-state index contributed by atoms with van der Waals surface area (Å²) >= 11 is 0. The van der Waals surface area contributed by atoms with E-state index in [2.05, 4.69) is 47.4 Å². The first-order valence-electron chi connectivity index (χ1n) is 14.7. The van der Waals surface area contributed by atoms with Crippen LogP contribution in [0.15, 0.2) is 36.8 Å². The second-order valence-corrected chi connectivity index (χ2v) is 18.1. The maximum Gasteiger partial charge on any atom is 0.407 e. The van der Waals surface area contributed by atoms with Crippen molar-refractivity contribution < 1.29 is 19.4 Å². The Bertz CT molecular complexity index is 1570. The van der Waals surface area contributed by atoms with Crippen LogP contribution < -0.4 is 0 Å². The molecule has 0 aliphatic carbocycles. The number of hydrogen-bond acceptors (Lipinski definition) is 6. The van der Waals surface area contributed by atoms with Crippen LogP contribution in [0, 0.1) is 13.8 Å². The molecule has 42 heavy (non-hydrogen) atoms. The Morgan fingerprint density at radius 2 is 2.02 bits per heavy atom. The van der Waals surface area contributed by atoms with Crippen molar-refractivity contribution >= 4 is 25.1 Å². The van der Waals surface area contributed by atoms with Gasteiger partial charge in [0.25, 0.3) is 0 Å². The zero-order valence-corrected chi connectivity index (χ0v) is 26.6. The van der Waals surface area contributed by atoms with Gasteiger partial charge in [-0.3, -0.25) is 4.98 Å².